The minimum atomic E-state index is -1.01. The summed E-state index contributed by atoms with van der Waals surface area (Å²) in [7, 11) is 0. The second-order valence-electron chi connectivity index (χ2n) is 4.14. The average molecular weight is 390 g/mol. The number of carbonyl (C=O) groups is 2. The van der Waals surface area contributed by atoms with Crippen LogP contribution in [-0.4, -0.2) is 22.0 Å². The Bertz CT molecular complexity index is 717. The van der Waals surface area contributed by atoms with Crippen molar-refractivity contribution < 1.29 is 14.7 Å². The van der Waals surface area contributed by atoms with Crippen molar-refractivity contribution in [2.45, 2.75) is 13.5 Å². The van der Waals surface area contributed by atoms with Gasteiger partial charge in [-0.25, -0.2) is 9.78 Å². The number of thiazole rings is 1. The number of nitrogens with zero attached hydrogens (tertiary/aromatic N) is 1. The van der Waals surface area contributed by atoms with Gasteiger partial charge in [0, 0.05) is 10.0 Å². The molecule has 2 N–H and O–H groups in total. The van der Waals surface area contributed by atoms with E-state index >= 15 is 0 Å². The van der Waals surface area contributed by atoms with Crippen LogP contribution in [0, 0.1) is 6.92 Å². The number of aromatic carboxylic acids is 1. The van der Waals surface area contributed by atoms with E-state index in [2.05, 4.69) is 26.2 Å². The third-order valence-electron chi connectivity index (χ3n) is 2.62. The quantitative estimate of drug-likeness (QED) is 0.839. The molecule has 0 fully saturated rings. The smallest absolute Gasteiger partial charge is 0.347 e. The largest absolute Gasteiger partial charge is 0.477 e. The lowest BCUT2D eigenvalue weighted by Crippen LogP contribution is -2.22. The van der Waals surface area contributed by atoms with E-state index in [4.69, 9.17) is 16.7 Å². The Kier molecular flexibility index (Phi) is 4.97. The van der Waals surface area contributed by atoms with E-state index in [0.717, 1.165) is 11.3 Å². The van der Waals surface area contributed by atoms with Gasteiger partial charge < -0.3 is 10.4 Å². The summed E-state index contributed by atoms with van der Waals surface area (Å²) < 4.78 is 0.634. The van der Waals surface area contributed by atoms with Crippen LogP contribution in [0.2, 0.25) is 5.02 Å². The molecule has 21 heavy (non-hydrogen) atoms. The molecule has 5 nitrogen and oxygen atoms in total. The molecule has 0 saturated heterocycles. The van der Waals surface area contributed by atoms with Crippen LogP contribution in [0.15, 0.2) is 22.7 Å². The van der Waals surface area contributed by atoms with Gasteiger partial charge in [-0.1, -0.05) is 11.6 Å². The van der Waals surface area contributed by atoms with Crippen molar-refractivity contribution in [2.24, 2.45) is 0 Å². The number of carboxylic acids is 1. The van der Waals surface area contributed by atoms with E-state index < -0.39 is 5.97 Å². The molecule has 0 bridgehead atoms. The van der Waals surface area contributed by atoms with Crippen LogP contribution < -0.4 is 5.32 Å². The molecule has 0 unspecified atom stereocenters. The Morgan fingerprint density at radius 2 is 2.19 bits per heavy atom. The van der Waals surface area contributed by atoms with Gasteiger partial charge in [0.25, 0.3) is 5.91 Å². The summed E-state index contributed by atoms with van der Waals surface area (Å²) in [4.78, 5) is 27.2. The number of aryl methyl sites for hydroxylation is 1. The van der Waals surface area contributed by atoms with Gasteiger partial charge in [-0.05, 0) is 41.1 Å². The second kappa shape index (κ2) is 6.55. The van der Waals surface area contributed by atoms with E-state index in [9.17, 15) is 9.59 Å². The van der Waals surface area contributed by atoms with E-state index in [1.54, 1.807) is 25.1 Å². The zero-order valence-corrected chi connectivity index (χ0v) is 14.0. The van der Waals surface area contributed by atoms with Gasteiger partial charge in [0.05, 0.1) is 17.3 Å². The van der Waals surface area contributed by atoms with Crippen LogP contribution in [0.4, 0.5) is 0 Å². The first kappa shape index (κ1) is 15.9. The summed E-state index contributed by atoms with van der Waals surface area (Å²) in [5, 5.41) is 12.7. The first-order valence-corrected chi connectivity index (χ1v) is 7.80. The average Bonchev–Trinajstić information content (AvgIpc) is 2.80. The second-order valence-corrected chi connectivity index (χ2v) is 6.48. The summed E-state index contributed by atoms with van der Waals surface area (Å²) in [6, 6.07) is 4.85. The van der Waals surface area contributed by atoms with Crippen LogP contribution in [0.1, 0.15) is 30.7 Å². The van der Waals surface area contributed by atoms with Gasteiger partial charge in [-0.2, -0.15) is 0 Å². The lowest BCUT2D eigenvalue weighted by atomic mass is 10.2. The third-order valence-corrected chi connectivity index (χ3v) is 4.98. The van der Waals surface area contributed by atoms with Gasteiger partial charge in [0.2, 0.25) is 0 Å². The van der Waals surface area contributed by atoms with Crippen molar-refractivity contribution in [2.75, 3.05) is 0 Å². The molecule has 1 aromatic heterocycles. The topological polar surface area (TPSA) is 79.3 Å². The van der Waals surface area contributed by atoms with Gasteiger partial charge in [-0.3, -0.25) is 4.79 Å². The predicted octanol–water partition coefficient (Wildman–Crippen LogP) is 3.50. The molecule has 0 aliphatic heterocycles. The van der Waals surface area contributed by atoms with E-state index in [0.29, 0.717) is 25.8 Å². The van der Waals surface area contributed by atoms with Gasteiger partial charge in [-0.15, -0.1) is 11.3 Å². The summed E-state index contributed by atoms with van der Waals surface area (Å²) in [6.45, 7) is 1.81. The molecule has 1 aromatic carbocycles. The molecule has 0 atom stereocenters. The number of benzene rings is 1. The van der Waals surface area contributed by atoms with E-state index in [1.165, 1.54) is 0 Å². The highest BCUT2D eigenvalue weighted by molar-refractivity contribution is 9.10. The molecular formula is C13H10BrClN2O3S. The maximum Gasteiger partial charge on any atom is 0.347 e. The molecule has 2 rings (SSSR count). The van der Waals surface area contributed by atoms with Gasteiger partial charge in [0.15, 0.2) is 0 Å². The monoisotopic (exact) mass is 388 g/mol. The number of aromatic nitrogens is 1. The van der Waals surface area contributed by atoms with E-state index in [-0.39, 0.29) is 17.3 Å². The fourth-order valence-electron chi connectivity index (χ4n) is 1.62. The maximum atomic E-state index is 12.0. The maximum absolute atomic E-state index is 12.0. The third kappa shape index (κ3) is 3.81. The first-order valence-electron chi connectivity index (χ1n) is 5.81. The fraction of sp³-hybridized carbons (Fsp3) is 0.154. The molecule has 1 heterocycles. The van der Waals surface area contributed by atoms with Crippen molar-refractivity contribution in [3.63, 3.8) is 0 Å². The number of hydrogen-bond donors (Lipinski definition) is 2. The standard InChI is InChI=1S/C13H10BrClN2O3S/c1-6-11(13(19)20)21-10(17-6)5-16-12(18)7-2-3-9(15)8(14)4-7/h2-4H,5H2,1H3,(H,16,18)(H,19,20). The number of halogens is 2. The number of amides is 1. The molecule has 8 heteroatoms. The highest BCUT2D eigenvalue weighted by Gasteiger charge is 2.15. The Balaban J connectivity index is 2.05. The molecule has 0 saturated carbocycles. The van der Waals surface area contributed by atoms with Crippen LogP contribution in [-0.2, 0) is 6.54 Å². The molecule has 2 aromatic rings. The molecule has 0 spiro atoms. The zero-order valence-electron chi connectivity index (χ0n) is 10.8. The minimum Gasteiger partial charge on any atom is -0.477 e. The molecule has 0 aliphatic carbocycles. The highest BCUT2D eigenvalue weighted by Crippen LogP contribution is 2.23. The van der Waals surface area contributed by atoms with Crippen molar-refractivity contribution in [3.05, 3.63) is 48.8 Å². The van der Waals surface area contributed by atoms with Crippen molar-refractivity contribution >= 4 is 50.7 Å². The summed E-state index contributed by atoms with van der Waals surface area (Å²) in [5.74, 6) is -1.29. The summed E-state index contributed by atoms with van der Waals surface area (Å²) in [6.07, 6.45) is 0. The summed E-state index contributed by atoms with van der Waals surface area (Å²) >= 11 is 10.2. The molecule has 1 amide bonds. The van der Waals surface area contributed by atoms with Gasteiger partial charge >= 0.3 is 5.97 Å². The van der Waals surface area contributed by atoms with Crippen LogP contribution >= 0.6 is 38.9 Å². The van der Waals surface area contributed by atoms with E-state index in [1.807, 2.05) is 0 Å². The number of carboxylic acid groups (broad SMARTS) is 1. The predicted molar refractivity (Wildman–Crippen MR) is 84.1 cm³/mol. The normalized spacial score (nSPS) is 10.4. The van der Waals surface area contributed by atoms with Crippen LogP contribution in [0.25, 0.3) is 0 Å². The lowest BCUT2D eigenvalue weighted by Gasteiger charge is -2.04. The number of carbonyl (C=O) groups excluding carboxylic acids is 1. The molecular weight excluding hydrogens is 380 g/mol. The Labute approximate surface area is 138 Å². The van der Waals surface area contributed by atoms with Crippen molar-refractivity contribution in [3.8, 4) is 0 Å². The highest BCUT2D eigenvalue weighted by atomic mass is 79.9. The van der Waals surface area contributed by atoms with Crippen molar-refractivity contribution in [1.29, 1.82) is 0 Å². The van der Waals surface area contributed by atoms with Crippen molar-refractivity contribution in [1.82, 2.24) is 10.3 Å². The first-order chi connectivity index (χ1) is 9.88. The molecule has 0 aliphatic rings. The number of rotatable bonds is 4. The summed E-state index contributed by atoms with van der Waals surface area (Å²) in [5.41, 5.74) is 0.906. The Morgan fingerprint density at radius 1 is 1.48 bits per heavy atom. The van der Waals surface area contributed by atoms with Gasteiger partial charge in [0.1, 0.15) is 9.88 Å². The minimum absolute atomic E-state index is 0.178. The Morgan fingerprint density at radius 3 is 2.76 bits per heavy atom. The van der Waals surface area contributed by atoms with Crippen LogP contribution in [0.5, 0.6) is 0 Å². The lowest BCUT2D eigenvalue weighted by molar-refractivity contribution is 0.0701. The SMILES string of the molecule is Cc1nc(CNC(=O)c2ccc(Cl)c(Br)c2)sc1C(=O)O. The Hall–Kier alpha value is -1.44. The molecule has 0 radical (unpaired) electrons. The van der Waals surface area contributed by atoms with Crippen LogP contribution in [0.3, 0.4) is 0 Å². The fourth-order valence-corrected chi connectivity index (χ4v) is 2.96. The zero-order chi connectivity index (χ0) is 15.6. The number of nitrogens with one attached hydrogen (secondary N) is 1. The molecule has 110 valence electrons. The number of hydrogen-bond acceptors (Lipinski definition) is 4.